The Balaban J connectivity index is 1.45. The maximum atomic E-state index is 13.0. The fourth-order valence-electron chi connectivity index (χ4n) is 3.38. The number of amides is 2. The van der Waals surface area contributed by atoms with Crippen LogP contribution in [0.15, 0.2) is 85.1 Å². The number of nitro benzene ring substituents is 1. The number of hydrogen-bond donors (Lipinski definition) is 2. The summed E-state index contributed by atoms with van der Waals surface area (Å²) in [5.41, 5.74) is 2.09. The van der Waals surface area contributed by atoms with Gasteiger partial charge in [0.1, 0.15) is 12.4 Å². The van der Waals surface area contributed by atoms with Crippen LogP contribution in [0.2, 0.25) is 0 Å². The summed E-state index contributed by atoms with van der Waals surface area (Å²) in [4.78, 5) is 36.1. The molecule has 0 aliphatic carbocycles. The number of carbonyl (C=O) groups excluding carboxylic acids is 2. The lowest BCUT2D eigenvalue weighted by atomic mass is 10.1. The zero-order valence-corrected chi connectivity index (χ0v) is 19.4. The molecular weight excluding hydrogens is 462 g/mol. The first-order valence-corrected chi connectivity index (χ1v) is 11.1. The number of nitrogens with one attached hydrogen (secondary N) is 2. The molecule has 0 saturated carbocycles. The maximum absolute atomic E-state index is 13.0. The van der Waals surface area contributed by atoms with Gasteiger partial charge in [-0.3, -0.25) is 24.4 Å². The average molecular weight is 486 g/mol. The molecule has 0 fully saturated rings. The molecule has 10 heteroatoms. The number of nitro groups is 1. The number of nitrogens with zero attached hydrogens (tertiary/aromatic N) is 3. The molecule has 4 rings (SSSR count). The van der Waals surface area contributed by atoms with Crippen LogP contribution in [0.5, 0.6) is 5.75 Å². The molecule has 1 aromatic heterocycles. The minimum absolute atomic E-state index is 0.0239. The van der Waals surface area contributed by atoms with E-state index in [1.807, 2.05) is 13.0 Å². The van der Waals surface area contributed by atoms with Crippen molar-refractivity contribution in [2.45, 2.75) is 20.1 Å². The molecule has 10 nitrogen and oxygen atoms in total. The van der Waals surface area contributed by atoms with Gasteiger partial charge >= 0.3 is 0 Å². The molecule has 2 N–H and O–H groups in total. The molecule has 1 heterocycles. The fraction of sp³-hybridized carbons (Fsp3) is 0.115. The number of benzene rings is 3. The van der Waals surface area contributed by atoms with E-state index >= 15 is 0 Å². The van der Waals surface area contributed by atoms with Crippen molar-refractivity contribution in [1.82, 2.24) is 9.78 Å². The molecule has 4 aromatic rings. The highest BCUT2D eigenvalue weighted by Crippen LogP contribution is 2.20. The zero-order chi connectivity index (χ0) is 25.5. The number of rotatable bonds is 9. The number of aryl methyl sites for hydroxylation is 1. The molecule has 0 aliphatic rings. The Bertz CT molecular complexity index is 1380. The third-order valence-corrected chi connectivity index (χ3v) is 5.22. The quantitative estimate of drug-likeness (QED) is 0.256. The summed E-state index contributed by atoms with van der Waals surface area (Å²) in [6, 6.07) is 21.6. The SMILES string of the molecule is CCn1cc(NC(=O)c2cccc(COc3ccc([N+](=O)[O-])cc3)c2)c(C(=O)Nc2ccccc2)n1. The summed E-state index contributed by atoms with van der Waals surface area (Å²) in [6.45, 7) is 2.57. The Morgan fingerprint density at radius 3 is 2.42 bits per heavy atom. The molecule has 2 amide bonds. The van der Waals surface area contributed by atoms with Gasteiger partial charge in [-0.05, 0) is 48.9 Å². The van der Waals surface area contributed by atoms with E-state index in [9.17, 15) is 19.7 Å². The Kier molecular flexibility index (Phi) is 7.35. The van der Waals surface area contributed by atoms with Crippen LogP contribution in [0.4, 0.5) is 17.1 Å². The molecule has 3 aromatic carbocycles. The highest BCUT2D eigenvalue weighted by molar-refractivity contribution is 6.11. The summed E-state index contributed by atoms with van der Waals surface area (Å²) in [5, 5.41) is 20.6. The van der Waals surface area contributed by atoms with Crippen molar-refractivity contribution >= 4 is 28.9 Å². The van der Waals surface area contributed by atoms with Crippen molar-refractivity contribution in [2.75, 3.05) is 10.6 Å². The van der Waals surface area contributed by atoms with Crippen LogP contribution in [0.1, 0.15) is 33.3 Å². The van der Waals surface area contributed by atoms with E-state index in [1.165, 1.54) is 24.3 Å². The van der Waals surface area contributed by atoms with E-state index < -0.39 is 16.7 Å². The number of para-hydroxylation sites is 1. The summed E-state index contributed by atoms with van der Waals surface area (Å²) in [7, 11) is 0. The summed E-state index contributed by atoms with van der Waals surface area (Å²) in [6.07, 6.45) is 1.61. The lowest BCUT2D eigenvalue weighted by Crippen LogP contribution is -2.18. The second kappa shape index (κ2) is 11.0. The molecule has 0 spiro atoms. The van der Waals surface area contributed by atoms with E-state index in [0.29, 0.717) is 29.2 Å². The Labute approximate surface area is 206 Å². The normalized spacial score (nSPS) is 10.5. The van der Waals surface area contributed by atoms with Gasteiger partial charge in [-0.15, -0.1) is 0 Å². The van der Waals surface area contributed by atoms with Crippen LogP contribution in [-0.2, 0) is 13.2 Å². The number of non-ortho nitro benzene ring substituents is 1. The van der Waals surface area contributed by atoms with Crippen molar-refractivity contribution in [2.24, 2.45) is 0 Å². The molecule has 0 aliphatic heterocycles. The first kappa shape index (κ1) is 24.1. The molecule has 0 radical (unpaired) electrons. The third kappa shape index (κ3) is 5.92. The van der Waals surface area contributed by atoms with Gasteiger partial charge in [-0.1, -0.05) is 30.3 Å². The van der Waals surface area contributed by atoms with Crippen LogP contribution in [-0.4, -0.2) is 26.5 Å². The van der Waals surface area contributed by atoms with Crippen LogP contribution in [0, 0.1) is 10.1 Å². The van der Waals surface area contributed by atoms with Gasteiger partial charge in [-0.2, -0.15) is 5.10 Å². The molecule has 182 valence electrons. The number of anilines is 2. The van der Waals surface area contributed by atoms with E-state index in [1.54, 1.807) is 59.4 Å². The number of aromatic nitrogens is 2. The van der Waals surface area contributed by atoms with Crippen molar-refractivity contribution in [3.05, 3.63) is 112 Å². The van der Waals surface area contributed by atoms with Gasteiger partial charge < -0.3 is 15.4 Å². The van der Waals surface area contributed by atoms with Gasteiger partial charge in [0.15, 0.2) is 5.69 Å². The summed E-state index contributed by atoms with van der Waals surface area (Å²) < 4.78 is 7.26. The second-order valence-electron chi connectivity index (χ2n) is 7.76. The summed E-state index contributed by atoms with van der Waals surface area (Å²) in [5.74, 6) is -0.373. The third-order valence-electron chi connectivity index (χ3n) is 5.22. The number of carbonyl (C=O) groups is 2. The number of hydrogen-bond acceptors (Lipinski definition) is 6. The average Bonchev–Trinajstić information content (AvgIpc) is 3.31. The highest BCUT2D eigenvalue weighted by atomic mass is 16.6. The van der Waals surface area contributed by atoms with Gasteiger partial charge in [0.2, 0.25) is 0 Å². The maximum Gasteiger partial charge on any atom is 0.278 e. The van der Waals surface area contributed by atoms with E-state index in [-0.39, 0.29) is 18.0 Å². The van der Waals surface area contributed by atoms with Crippen LogP contribution in [0.3, 0.4) is 0 Å². The molecule has 36 heavy (non-hydrogen) atoms. The standard InChI is InChI=1S/C26H23N5O5/c1-2-30-16-23(24(29-30)26(33)27-20-9-4-3-5-10-20)28-25(32)19-8-6-7-18(15-19)17-36-22-13-11-21(12-14-22)31(34)35/h3-16H,2,17H2,1H3,(H,27,33)(H,28,32). The van der Waals surface area contributed by atoms with Gasteiger partial charge in [0.05, 0.1) is 10.6 Å². The van der Waals surface area contributed by atoms with E-state index in [4.69, 9.17) is 4.74 Å². The van der Waals surface area contributed by atoms with E-state index in [0.717, 1.165) is 5.56 Å². The highest BCUT2D eigenvalue weighted by Gasteiger charge is 2.19. The Morgan fingerprint density at radius 1 is 0.972 bits per heavy atom. The fourth-order valence-corrected chi connectivity index (χ4v) is 3.38. The van der Waals surface area contributed by atoms with Crippen LogP contribution < -0.4 is 15.4 Å². The molecule has 0 unspecified atom stereocenters. The van der Waals surface area contributed by atoms with Crippen LogP contribution in [0.25, 0.3) is 0 Å². The Morgan fingerprint density at radius 2 is 1.72 bits per heavy atom. The Hall–Kier alpha value is -4.99. The number of ether oxygens (including phenoxy) is 1. The predicted octanol–water partition coefficient (Wildman–Crippen LogP) is 4.89. The van der Waals surface area contributed by atoms with Crippen molar-refractivity contribution in [3.8, 4) is 5.75 Å². The zero-order valence-electron chi connectivity index (χ0n) is 19.4. The molecule has 0 saturated heterocycles. The van der Waals surface area contributed by atoms with E-state index in [2.05, 4.69) is 15.7 Å². The van der Waals surface area contributed by atoms with Gasteiger partial charge in [-0.25, -0.2) is 0 Å². The van der Waals surface area contributed by atoms with Gasteiger partial charge in [0, 0.05) is 36.1 Å². The molecule has 0 bridgehead atoms. The predicted molar refractivity (Wildman–Crippen MR) is 134 cm³/mol. The van der Waals surface area contributed by atoms with Gasteiger partial charge in [0.25, 0.3) is 17.5 Å². The van der Waals surface area contributed by atoms with Crippen molar-refractivity contribution in [1.29, 1.82) is 0 Å². The molecule has 0 atom stereocenters. The first-order chi connectivity index (χ1) is 17.4. The smallest absolute Gasteiger partial charge is 0.278 e. The van der Waals surface area contributed by atoms with Crippen LogP contribution >= 0.6 is 0 Å². The first-order valence-electron chi connectivity index (χ1n) is 11.1. The second-order valence-corrected chi connectivity index (χ2v) is 7.76. The molecular formula is C26H23N5O5. The summed E-state index contributed by atoms with van der Waals surface area (Å²) >= 11 is 0. The lowest BCUT2D eigenvalue weighted by Gasteiger charge is -2.09. The monoisotopic (exact) mass is 485 g/mol. The lowest BCUT2D eigenvalue weighted by molar-refractivity contribution is -0.384. The van der Waals surface area contributed by atoms with Crippen molar-refractivity contribution < 1.29 is 19.2 Å². The van der Waals surface area contributed by atoms with Crippen molar-refractivity contribution in [3.63, 3.8) is 0 Å². The minimum atomic E-state index is -0.479. The minimum Gasteiger partial charge on any atom is -0.489 e. The largest absolute Gasteiger partial charge is 0.489 e. The topological polar surface area (TPSA) is 128 Å².